The summed E-state index contributed by atoms with van der Waals surface area (Å²) in [6.45, 7) is 0. The predicted octanol–water partition coefficient (Wildman–Crippen LogP) is -1.56. The highest BCUT2D eigenvalue weighted by Crippen LogP contribution is 1.95. The number of nitrogens with zero attached hydrogens (tertiary/aromatic N) is 2. The maximum Gasteiger partial charge on any atom is 0.356 e. The quantitative estimate of drug-likeness (QED) is 0.427. The van der Waals surface area contributed by atoms with Gasteiger partial charge in [-0.1, -0.05) is 0 Å². The van der Waals surface area contributed by atoms with Crippen LogP contribution in [0.15, 0.2) is 6.07 Å². The van der Waals surface area contributed by atoms with Gasteiger partial charge in [-0.2, -0.15) is 5.10 Å². The van der Waals surface area contributed by atoms with E-state index < -0.39 is 5.97 Å². The van der Waals surface area contributed by atoms with E-state index in [4.69, 9.17) is 5.02 Å². The van der Waals surface area contributed by atoms with Crippen LogP contribution < -0.4 is 5.59 Å². The van der Waals surface area contributed by atoms with E-state index in [1.807, 2.05) is 0 Å². The third-order valence-electron chi connectivity index (χ3n) is 1.43. The Labute approximate surface area is 70.2 Å². The molecule has 0 spiro atoms. The molecule has 0 unspecified atom stereocenters. The van der Waals surface area contributed by atoms with Crippen LogP contribution in [0.3, 0.4) is 0 Å². The molecule has 0 bridgehead atoms. The van der Waals surface area contributed by atoms with Crippen molar-refractivity contribution in [3.63, 3.8) is 0 Å². The Balaban J connectivity index is 2.99. The van der Waals surface area contributed by atoms with Crippen LogP contribution in [-0.2, 0) is 11.8 Å². The molecule has 63 valence electrons. The molecule has 0 fully saturated rings. The average Bonchev–Trinajstić information content (AvgIpc) is 2.45. The zero-order chi connectivity index (χ0) is 9.14. The van der Waals surface area contributed by atoms with Crippen LogP contribution in [-0.4, -0.2) is 35.4 Å². The van der Waals surface area contributed by atoms with Crippen molar-refractivity contribution < 1.29 is 14.6 Å². The van der Waals surface area contributed by atoms with Crippen LogP contribution in [0.2, 0.25) is 0 Å². The van der Waals surface area contributed by atoms with E-state index in [0.717, 1.165) is 7.48 Å². The van der Waals surface area contributed by atoms with Crippen LogP contribution in [0.1, 0.15) is 10.5 Å². The van der Waals surface area contributed by atoms with Gasteiger partial charge in [-0.3, -0.25) is 4.68 Å². The molecule has 1 rings (SSSR count). The van der Waals surface area contributed by atoms with Gasteiger partial charge in [0.2, 0.25) is 0 Å². The maximum atomic E-state index is 11.0. The van der Waals surface area contributed by atoms with Crippen molar-refractivity contribution in [3.05, 3.63) is 11.8 Å². The number of hydrogen-bond donors (Lipinski definition) is 1. The second kappa shape index (κ2) is 3.40. The summed E-state index contributed by atoms with van der Waals surface area (Å²) in [5, 5.41) is 12.4. The van der Waals surface area contributed by atoms with Gasteiger partial charge >= 0.3 is 13.5 Å². The van der Waals surface area contributed by atoms with E-state index in [1.54, 1.807) is 7.05 Å². The van der Waals surface area contributed by atoms with E-state index in [0.29, 0.717) is 11.3 Å². The minimum Gasteiger partial charge on any atom is -0.464 e. The second-order valence-corrected chi connectivity index (χ2v) is 2.20. The van der Waals surface area contributed by atoms with Gasteiger partial charge in [0.05, 0.1) is 12.7 Å². The lowest BCUT2D eigenvalue weighted by molar-refractivity contribution is 0.0588. The van der Waals surface area contributed by atoms with Crippen LogP contribution in [0, 0.1) is 0 Å². The number of aryl methyl sites for hydroxylation is 1. The third kappa shape index (κ3) is 1.48. The lowest BCUT2D eigenvalue weighted by atomic mass is 9.96. The van der Waals surface area contributed by atoms with Crippen molar-refractivity contribution in [2.24, 2.45) is 7.05 Å². The van der Waals surface area contributed by atoms with E-state index in [1.165, 1.54) is 17.9 Å². The predicted molar refractivity (Wildman–Crippen MR) is 42.2 cm³/mol. The summed E-state index contributed by atoms with van der Waals surface area (Å²) in [5.41, 5.74) is 0.635. The van der Waals surface area contributed by atoms with Crippen molar-refractivity contribution in [2.75, 3.05) is 7.11 Å². The van der Waals surface area contributed by atoms with Crippen LogP contribution >= 0.6 is 0 Å². The fraction of sp³-hybridized carbons (Fsp3) is 0.333. The number of methoxy groups -OCH3 is 1. The molecule has 0 aliphatic heterocycles. The molecular weight excluding hydrogens is 159 g/mol. The molecule has 0 saturated carbocycles. The van der Waals surface area contributed by atoms with Gasteiger partial charge in [0.15, 0.2) is 0 Å². The largest absolute Gasteiger partial charge is 0.464 e. The standard InChI is InChI=1S/C6H8BN2O3/c1-9-4(6(10)12-2)3-5(7-11)8-9/h3,11H,1-2H3. The van der Waals surface area contributed by atoms with Crippen LogP contribution in [0.25, 0.3) is 0 Å². The fourth-order valence-electron chi connectivity index (χ4n) is 0.848. The van der Waals surface area contributed by atoms with Gasteiger partial charge in [-0.05, 0) is 6.07 Å². The molecule has 0 amide bonds. The van der Waals surface area contributed by atoms with Gasteiger partial charge in [-0.25, -0.2) is 4.79 Å². The summed E-state index contributed by atoms with van der Waals surface area (Å²) < 4.78 is 5.82. The molecule has 1 N–H and O–H groups in total. The van der Waals surface area contributed by atoms with E-state index >= 15 is 0 Å². The molecule has 0 aliphatic carbocycles. The molecule has 1 aromatic rings. The summed E-state index contributed by atoms with van der Waals surface area (Å²) in [5.74, 6) is -0.474. The number of aromatic nitrogens is 2. The van der Waals surface area contributed by atoms with Gasteiger partial charge in [0.1, 0.15) is 5.69 Å². The average molecular weight is 167 g/mol. The van der Waals surface area contributed by atoms with Gasteiger partial charge in [0, 0.05) is 7.05 Å². The second-order valence-electron chi connectivity index (χ2n) is 2.20. The molecule has 0 aliphatic rings. The molecule has 5 nitrogen and oxygen atoms in total. The van der Waals surface area contributed by atoms with E-state index in [-0.39, 0.29) is 0 Å². The Morgan fingerprint density at radius 3 is 2.92 bits per heavy atom. The minimum absolute atomic E-state index is 0.304. The number of esters is 1. The summed E-state index contributed by atoms with van der Waals surface area (Å²) in [6.07, 6.45) is 0. The molecule has 0 atom stereocenters. The third-order valence-corrected chi connectivity index (χ3v) is 1.43. The van der Waals surface area contributed by atoms with Gasteiger partial charge < -0.3 is 9.76 Å². The lowest BCUT2D eigenvalue weighted by Crippen LogP contribution is -2.15. The first-order valence-corrected chi connectivity index (χ1v) is 3.29. The molecule has 0 saturated heterocycles. The van der Waals surface area contributed by atoms with E-state index in [2.05, 4.69) is 9.84 Å². The molecule has 0 aromatic carbocycles. The lowest BCUT2D eigenvalue weighted by Gasteiger charge is -1.96. The van der Waals surface area contributed by atoms with Gasteiger partial charge in [0.25, 0.3) is 0 Å². The molecule has 1 heterocycles. The normalized spacial score (nSPS) is 9.58. The zero-order valence-electron chi connectivity index (χ0n) is 6.81. The highest BCUT2D eigenvalue weighted by Gasteiger charge is 2.12. The molecular formula is C6H8BN2O3. The molecule has 6 heteroatoms. The molecule has 1 radical (unpaired) electrons. The Kier molecular flexibility index (Phi) is 2.49. The van der Waals surface area contributed by atoms with Crippen molar-refractivity contribution in [1.82, 2.24) is 9.78 Å². The smallest absolute Gasteiger partial charge is 0.356 e. The number of carbonyl (C=O) groups is 1. The van der Waals surface area contributed by atoms with Crippen LogP contribution in [0.5, 0.6) is 0 Å². The first-order chi connectivity index (χ1) is 5.69. The summed E-state index contributed by atoms with van der Waals surface area (Å²) in [6, 6.07) is 1.44. The Bertz CT molecular complexity index is 297. The maximum absolute atomic E-state index is 11.0. The highest BCUT2D eigenvalue weighted by atomic mass is 16.5. The Morgan fingerprint density at radius 2 is 2.50 bits per heavy atom. The SMILES string of the molecule is COC(=O)c1cc([B]O)nn1C. The van der Waals surface area contributed by atoms with Crippen molar-refractivity contribution >= 4 is 19.0 Å². The monoisotopic (exact) mass is 167 g/mol. The van der Waals surface area contributed by atoms with Crippen molar-refractivity contribution in [1.29, 1.82) is 0 Å². The van der Waals surface area contributed by atoms with Crippen molar-refractivity contribution in [3.8, 4) is 0 Å². The first-order valence-electron chi connectivity index (χ1n) is 3.29. The topological polar surface area (TPSA) is 64.3 Å². The fourth-order valence-corrected chi connectivity index (χ4v) is 0.848. The molecule has 12 heavy (non-hydrogen) atoms. The summed E-state index contributed by atoms with van der Waals surface area (Å²) in [4.78, 5) is 11.0. The summed E-state index contributed by atoms with van der Waals surface area (Å²) >= 11 is 0. The number of carbonyl (C=O) groups excluding carboxylic acids is 1. The number of rotatable bonds is 2. The van der Waals surface area contributed by atoms with Crippen LogP contribution in [0.4, 0.5) is 0 Å². The van der Waals surface area contributed by atoms with Gasteiger partial charge in [-0.15, -0.1) is 0 Å². The van der Waals surface area contributed by atoms with E-state index in [9.17, 15) is 4.79 Å². The number of hydrogen-bond acceptors (Lipinski definition) is 4. The molecule has 1 aromatic heterocycles. The first kappa shape index (κ1) is 8.80. The van der Waals surface area contributed by atoms with Crippen molar-refractivity contribution in [2.45, 2.75) is 0 Å². The number of ether oxygens (including phenoxy) is 1. The summed E-state index contributed by atoms with van der Waals surface area (Å²) in [7, 11) is 3.71. The Morgan fingerprint density at radius 1 is 1.83 bits per heavy atom. The zero-order valence-corrected chi connectivity index (χ0v) is 6.81. The Hall–Kier alpha value is -1.30. The highest BCUT2D eigenvalue weighted by molar-refractivity contribution is 6.44. The minimum atomic E-state index is -0.474.